The number of rotatable bonds is 4. The first kappa shape index (κ1) is 19.4. The molecule has 0 saturated carbocycles. The molecule has 3 aromatic rings. The molecule has 1 aliphatic rings. The van der Waals surface area contributed by atoms with E-state index in [1.807, 2.05) is 13.0 Å². The summed E-state index contributed by atoms with van der Waals surface area (Å²) in [6.45, 7) is 1.98. The molecule has 0 bridgehead atoms. The summed E-state index contributed by atoms with van der Waals surface area (Å²) in [6, 6.07) is 8.83. The minimum atomic E-state index is -0.675. The molecule has 0 amide bonds. The van der Waals surface area contributed by atoms with Gasteiger partial charge in [0.05, 0.1) is 20.0 Å². The molecule has 0 spiro atoms. The smallest absolute Gasteiger partial charge is 0.186 e. The Hall–Kier alpha value is -1.93. The topological polar surface area (TPSA) is 79.8 Å². The molecule has 0 aliphatic carbocycles. The van der Waals surface area contributed by atoms with Crippen LogP contribution in [0.2, 0.25) is 10.0 Å². The van der Waals surface area contributed by atoms with Gasteiger partial charge in [-0.3, -0.25) is 10.2 Å². The molecular weight excluding hydrogens is 437 g/mol. The van der Waals surface area contributed by atoms with Crippen molar-refractivity contribution in [1.82, 2.24) is 10.2 Å². The molecule has 1 N–H and O–H groups in total. The lowest BCUT2D eigenvalue weighted by molar-refractivity contribution is -0.114. The Labute approximate surface area is 179 Å². The molecule has 1 atom stereocenters. The maximum atomic E-state index is 12.8. The lowest BCUT2D eigenvalue weighted by Crippen LogP contribution is -2.11. The first-order valence-corrected chi connectivity index (χ1v) is 10.8. The van der Waals surface area contributed by atoms with E-state index in [0.29, 0.717) is 37.0 Å². The van der Waals surface area contributed by atoms with E-state index in [2.05, 4.69) is 10.2 Å². The Morgan fingerprint density at radius 2 is 2.07 bits per heavy atom. The third-order valence-electron chi connectivity index (χ3n) is 4.14. The zero-order valence-corrected chi connectivity index (χ0v) is 17.7. The van der Waals surface area contributed by atoms with Crippen LogP contribution in [0.5, 0.6) is 0 Å². The summed E-state index contributed by atoms with van der Waals surface area (Å²) in [6.07, 6.45) is 2.40. The number of benzene rings is 1. The molecule has 1 aromatic carbocycles. The van der Waals surface area contributed by atoms with Gasteiger partial charge in [0, 0.05) is 5.56 Å². The van der Waals surface area contributed by atoms with Crippen molar-refractivity contribution in [2.24, 2.45) is 0 Å². The van der Waals surface area contributed by atoms with Crippen molar-refractivity contribution in [3.63, 3.8) is 0 Å². The lowest BCUT2D eigenvalue weighted by atomic mass is 10.1. The average molecular weight is 450 g/mol. The molecule has 1 saturated heterocycles. The van der Waals surface area contributed by atoms with E-state index >= 15 is 0 Å². The van der Waals surface area contributed by atoms with Crippen molar-refractivity contribution in [2.45, 2.75) is 19.3 Å². The Morgan fingerprint density at radius 1 is 1.25 bits per heavy atom. The second kappa shape index (κ2) is 7.83. The fraction of sp³-hybridized carbons (Fsp3) is 0.158. The highest BCUT2D eigenvalue weighted by Gasteiger charge is 2.39. The number of nitrogens with zero attached hydrogens (tertiary/aromatic N) is 2. The van der Waals surface area contributed by atoms with Crippen LogP contribution in [-0.2, 0) is 11.2 Å². The van der Waals surface area contributed by atoms with Crippen LogP contribution in [0.25, 0.3) is 17.4 Å². The third-order valence-corrected chi connectivity index (χ3v) is 7.08. The van der Waals surface area contributed by atoms with Crippen LogP contribution >= 0.6 is 46.3 Å². The van der Waals surface area contributed by atoms with Crippen molar-refractivity contribution in [1.29, 1.82) is 5.41 Å². The van der Waals surface area contributed by atoms with Crippen LogP contribution in [0.1, 0.15) is 28.6 Å². The number of hydrogen-bond donors (Lipinski definition) is 1. The summed E-state index contributed by atoms with van der Waals surface area (Å²) < 4.78 is 5.83. The van der Waals surface area contributed by atoms with Crippen molar-refractivity contribution in [3.8, 4) is 11.3 Å². The molecule has 2 aromatic heterocycles. The van der Waals surface area contributed by atoms with Crippen LogP contribution in [-0.4, -0.2) is 21.0 Å². The molecule has 0 radical (unpaired) electrons. The first-order chi connectivity index (χ1) is 13.5. The van der Waals surface area contributed by atoms with Gasteiger partial charge in [0.25, 0.3) is 0 Å². The van der Waals surface area contributed by atoms with Crippen molar-refractivity contribution in [2.75, 3.05) is 0 Å². The molecule has 4 rings (SSSR count). The third kappa shape index (κ3) is 3.55. The maximum absolute atomic E-state index is 12.8. The number of nitrogens with one attached hydrogen (secondary N) is 1. The van der Waals surface area contributed by atoms with Gasteiger partial charge in [-0.1, -0.05) is 48.0 Å². The SMILES string of the molecule is CCc1nnc([C@H]2C(=N)S/C(=C\c3ccc(-c4cccc(Cl)c4Cl)o3)C2=O)s1. The van der Waals surface area contributed by atoms with Gasteiger partial charge in [-0.15, -0.1) is 21.5 Å². The zero-order valence-electron chi connectivity index (χ0n) is 14.5. The van der Waals surface area contributed by atoms with E-state index in [9.17, 15) is 4.79 Å². The van der Waals surface area contributed by atoms with Crippen molar-refractivity contribution < 1.29 is 9.21 Å². The standard InChI is InChI=1S/C19H13Cl2N3O2S2/c1-2-14-23-24-19(28-14)15-17(25)13(27-18(15)22)8-9-6-7-12(26-9)10-4-3-5-11(20)16(10)21/h3-8,15,22H,2H2,1H3/b13-8-,22-18?/t15-/m1/s1. The first-order valence-electron chi connectivity index (χ1n) is 8.36. The summed E-state index contributed by atoms with van der Waals surface area (Å²) >= 11 is 14.8. The largest absolute Gasteiger partial charge is 0.457 e. The second-order valence-electron chi connectivity index (χ2n) is 5.96. The predicted octanol–water partition coefficient (Wildman–Crippen LogP) is 6.09. The monoisotopic (exact) mass is 449 g/mol. The Balaban J connectivity index is 1.61. The number of Topliss-reactive ketones (excluding diaryl/α,β-unsaturated/α-hetero) is 1. The lowest BCUT2D eigenvalue weighted by Gasteiger charge is -2.02. The molecule has 3 heterocycles. The predicted molar refractivity (Wildman–Crippen MR) is 114 cm³/mol. The highest BCUT2D eigenvalue weighted by Crippen LogP contribution is 2.42. The number of thioether (sulfide) groups is 1. The zero-order chi connectivity index (χ0) is 19.8. The summed E-state index contributed by atoms with van der Waals surface area (Å²) in [5, 5.41) is 18.9. The summed E-state index contributed by atoms with van der Waals surface area (Å²) in [4.78, 5) is 13.3. The molecule has 5 nitrogen and oxygen atoms in total. The summed E-state index contributed by atoms with van der Waals surface area (Å²) in [5.41, 5.74) is 0.677. The molecule has 9 heteroatoms. The van der Waals surface area contributed by atoms with Crippen LogP contribution in [0.3, 0.4) is 0 Å². The minimum Gasteiger partial charge on any atom is -0.457 e. The van der Waals surface area contributed by atoms with Crippen molar-refractivity contribution in [3.05, 3.63) is 61.1 Å². The van der Waals surface area contributed by atoms with Gasteiger partial charge in [-0.2, -0.15) is 0 Å². The Morgan fingerprint density at radius 3 is 2.82 bits per heavy atom. The van der Waals surface area contributed by atoms with Crippen molar-refractivity contribution >= 4 is 63.2 Å². The Kier molecular flexibility index (Phi) is 5.42. The van der Waals surface area contributed by atoms with Gasteiger partial charge in [0.2, 0.25) is 0 Å². The second-order valence-corrected chi connectivity index (χ2v) is 8.93. The number of furan rings is 1. The van der Waals surface area contributed by atoms with Gasteiger partial charge in [0.15, 0.2) is 5.78 Å². The average Bonchev–Trinajstić information content (AvgIpc) is 3.38. The molecule has 1 fully saturated rings. The van der Waals surface area contributed by atoms with Gasteiger partial charge < -0.3 is 4.42 Å². The van der Waals surface area contributed by atoms with E-state index in [-0.39, 0.29) is 10.8 Å². The number of halogens is 2. The van der Waals surface area contributed by atoms with Gasteiger partial charge >= 0.3 is 0 Å². The number of carbonyl (C=O) groups is 1. The number of aryl methyl sites for hydroxylation is 1. The van der Waals surface area contributed by atoms with E-state index in [4.69, 9.17) is 33.0 Å². The van der Waals surface area contributed by atoms with Crippen LogP contribution < -0.4 is 0 Å². The molecular formula is C19H13Cl2N3O2S2. The molecule has 1 aliphatic heterocycles. The van der Waals surface area contributed by atoms with Crippen LogP contribution in [0, 0.1) is 5.41 Å². The van der Waals surface area contributed by atoms with Crippen LogP contribution in [0.15, 0.2) is 39.7 Å². The number of allylic oxidation sites excluding steroid dienone is 1. The maximum Gasteiger partial charge on any atom is 0.186 e. The van der Waals surface area contributed by atoms with Gasteiger partial charge in [0.1, 0.15) is 27.5 Å². The molecule has 28 heavy (non-hydrogen) atoms. The van der Waals surface area contributed by atoms with Gasteiger partial charge in [-0.05, 0) is 36.8 Å². The van der Waals surface area contributed by atoms with E-state index in [1.54, 1.807) is 30.3 Å². The van der Waals surface area contributed by atoms with Crippen LogP contribution in [0.4, 0.5) is 0 Å². The number of ketones is 1. The summed E-state index contributed by atoms with van der Waals surface area (Å²) in [7, 11) is 0. The van der Waals surface area contributed by atoms with E-state index in [1.165, 1.54) is 11.3 Å². The highest BCUT2D eigenvalue weighted by molar-refractivity contribution is 8.19. The Bertz CT molecular complexity index is 1120. The number of aromatic nitrogens is 2. The fourth-order valence-electron chi connectivity index (χ4n) is 2.74. The number of carbonyl (C=O) groups excluding carboxylic acids is 1. The number of hydrogen-bond acceptors (Lipinski definition) is 7. The molecule has 142 valence electrons. The minimum absolute atomic E-state index is 0.160. The highest BCUT2D eigenvalue weighted by atomic mass is 35.5. The summed E-state index contributed by atoms with van der Waals surface area (Å²) in [5.74, 6) is 0.221. The normalized spacial score (nSPS) is 18.4. The van der Waals surface area contributed by atoms with E-state index in [0.717, 1.165) is 23.2 Å². The molecule has 0 unspecified atom stereocenters. The van der Waals surface area contributed by atoms with Gasteiger partial charge in [-0.25, -0.2) is 0 Å². The van der Waals surface area contributed by atoms with E-state index < -0.39 is 5.92 Å². The quantitative estimate of drug-likeness (QED) is 0.487. The fourth-order valence-corrected chi connectivity index (χ4v) is 5.07.